The number of nitrogens with two attached hydrogens (primary N) is 1. The van der Waals surface area contributed by atoms with E-state index < -0.39 is 88.0 Å². The van der Waals surface area contributed by atoms with Gasteiger partial charge >= 0.3 is 5.97 Å². The van der Waals surface area contributed by atoms with Crippen molar-refractivity contribution in [3.05, 3.63) is 373 Å². The van der Waals surface area contributed by atoms with E-state index in [1.54, 1.807) is 116 Å². The number of aromatic nitrogens is 24. The van der Waals surface area contributed by atoms with Crippen molar-refractivity contribution >= 4 is 152 Å². The first-order valence-corrected chi connectivity index (χ1v) is 43.3. The van der Waals surface area contributed by atoms with Crippen LogP contribution in [0.25, 0.3) is 93.8 Å². The van der Waals surface area contributed by atoms with E-state index in [1.807, 2.05) is 6.92 Å². The summed E-state index contributed by atoms with van der Waals surface area (Å²) in [6.07, 6.45) is 7.54. The van der Waals surface area contributed by atoms with Crippen LogP contribution in [0.5, 0.6) is 0 Å². The van der Waals surface area contributed by atoms with Gasteiger partial charge in [0.2, 0.25) is 0 Å². The Morgan fingerprint density at radius 2 is 0.650 bits per heavy atom. The molecule has 0 radical (unpaired) electrons. The molecule has 0 spiro atoms. The third-order valence-corrected chi connectivity index (χ3v) is 21.8. The molecule has 0 saturated carbocycles. The van der Waals surface area contributed by atoms with Gasteiger partial charge < -0.3 is 20.4 Å². The molecule has 0 fully saturated rings. The number of hydrogen-bond donors (Lipinski definition) is 2. The summed E-state index contributed by atoms with van der Waals surface area (Å²) in [5.41, 5.74) is 8.64. The van der Waals surface area contributed by atoms with Crippen LogP contribution in [0.4, 0.5) is 52.7 Å². The number of methoxy groups -OCH3 is 1. The van der Waals surface area contributed by atoms with Gasteiger partial charge in [-0.2, -0.15) is 38.5 Å². The number of rotatable bonds is 18. The molecule has 0 aliphatic heterocycles. The number of esters is 1. The molecule has 32 nitrogen and oxygen atoms in total. The Morgan fingerprint density at radius 3 is 0.958 bits per heavy atom. The minimum absolute atomic E-state index is 0.100. The monoisotopic (exact) mass is 2010 g/mol. The van der Waals surface area contributed by atoms with Gasteiger partial charge in [-0.25, -0.2) is 52.7 Å². The van der Waals surface area contributed by atoms with Gasteiger partial charge in [0.05, 0.1) is 59.8 Å². The predicted molar refractivity (Wildman–Crippen MR) is 500 cm³/mol. The quantitative estimate of drug-likeness (QED) is 0.0153. The zero-order valence-corrected chi connectivity index (χ0v) is 76.7. The number of carbonyl (C=O) groups is 3. The van der Waals surface area contributed by atoms with Crippen LogP contribution < -0.4 is 5.73 Å². The van der Waals surface area contributed by atoms with Gasteiger partial charge in [-0.05, 0) is 147 Å². The summed E-state index contributed by atoms with van der Waals surface area (Å²) in [4.78, 5) is 57.3. The van der Waals surface area contributed by atoms with Crippen molar-refractivity contribution in [1.82, 2.24) is 119 Å². The molecule has 47 heteroatoms. The second kappa shape index (κ2) is 44.8. The Hall–Kier alpha value is -17.1. The molecular weight excluding hydrogens is 1950 g/mol. The maximum Gasteiger partial charge on any atom is 0.310 e. The SMILES string of the molecule is C/C(=N\O)c1ccc2nnc(Cc3c(F)cc4ncccc4c3F)n2n1.C=C(OCC)c1ccc2nnc(Cc3c(F)cc4ncccc4c3F)n2n1.CC(=O)c1ccc2nnc(Cc3c(F)cc4ncccc4c3F)n2n1.COC(=O)Cc1c(F)cc2ncccc2c1F.Clc1ccc(Cl)nn1.Fc1cc2ncccc2c(F)c1Cc1nnc2ccc(Cl)nn12.NCC(=O)Cc1c(F)cc2ncccc2c1F. The topological polar surface area (TPSA) is 404 Å². The van der Waals surface area contributed by atoms with E-state index in [4.69, 9.17) is 50.5 Å². The first kappa shape index (κ1) is 100. The van der Waals surface area contributed by atoms with E-state index in [9.17, 15) is 67.1 Å². The predicted octanol–water partition coefficient (Wildman–Crippen LogP) is 17.8. The molecule has 0 unspecified atom stereocenters. The molecule has 722 valence electrons. The van der Waals surface area contributed by atoms with Gasteiger partial charge in [0, 0.05) is 178 Å². The minimum atomic E-state index is -0.792. The largest absolute Gasteiger partial charge is 0.492 e. The highest BCUT2D eigenvalue weighted by atomic mass is 35.5. The zero-order valence-electron chi connectivity index (χ0n) is 74.4. The molecule has 21 rings (SSSR count). The van der Waals surface area contributed by atoms with Crippen molar-refractivity contribution in [1.29, 1.82) is 0 Å². The number of hydrogen-bond acceptors (Lipinski definition) is 28. The highest BCUT2D eigenvalue weighted by molar-refractivity contribution is 6.31. The number of benzene rings is 6. The smallest absolute Gasteiger partial charge is 0.310 e. The Balaban J connectivity index is 0.000000128. The lowest BCUT2D eigenvalue weighted by molar-refractivity contribution is -0.139. The summed E-state index contributed by atoms with van der Waals surface area (Å²) in [5.74, 6) is -8.42. The van der Waals surface area contributed by atoms with Gasteiger partial charge in [0.1, 0.15) is 104 Å². The van der Waals surface area contributed by atoms with Crippen LogP contribution in [0, 0.1) is 69.8 Å². The molecule has 15 aromatic heterocycles. The summed E-state index contributed by atoms with van der Waals surface area (Å²) in [7, 11) is 1.17. The maximum absolute atomic E-state index is 14.8. The number of carbonyl (C=O) groups excluding carboxylic acids is 3. The number of Topliss-reactive ketones (excluding diaryl/α,β-unsaturated/α-hetero) is 2. The number of fused-ring (bicyclic) bond motifs is 10. The fraction of sp³-hybridized carbons (Fsp3) is 0.125. The molecule has 0 aliphatic rings. The lowest BCUT2D eigenvalue weighted by atomic mass is 10.0. The molecule has 6 aromatic carbocycles. The average molecular weight is 2020 g/mol. The Bertz CT molecular complexity index is 8380. The number of pyridine rings is 6. The molecule has 3 N–H and O–H groups in total. The van der Waals surface area contributed by atoms with Crippen molar-refractivity contribution in [2.24, 2.45) is 10.9 Å². The third kappa shape index (κ3) is 22.7. The molecular formula is C96H67Cl3F12N26O6. The van der Waals surface area contributed by atoms with E-state index >= 15 is 0 Å². The number of ketones is 2. The van der Waals surface area contributed by atoms with E-state index in [-0.39, 0.29) is 166 Å². The second-order valence-corrected chi connectivity index (χ2v) is 31.5. The molecule has 0 aliphatic carbocycles. The summed E-state index contributed by atoms with van der Waals surface area (Å²) in [6, 6.07) is 41.8. The molecule has 0 atom stereocenters. The Kier molecular flexibility index (Phi) is 31.4. The Labute approximate surface area is 811 Å². The number of halogens is 15. The summed E-state index contributed by atoms with van der Waals surface area (Å²) >= 11 is 16.6. The van der Waals surface area contributed by atoms with E-state index in [0.29, 0.717) is 74.0 Å². The van der Waals surface area contributed by atoms with Crippen molar-refractivity contribution < 1.29 is 81.7 Å². The van der Waals surface area contributed by atoms with Gasteiger partial charge in [0.15, 0.2) is 67.8 Å². The van der Waals surface area contributed by atoms with Crippen LogP contribution in [-0.2, 0) is 57.6 Å². The fourth-order valence-electron chi connectivity index (χ4n) is 14.1. The Morgan fingerprint density at radius 1 is 0.371 bits per heavy atom. The first-order valence-electron chi connectivity index (χ1n) is 42.2. The van der Waals surface area contributed by atoms with Crippen LogP contribution in [0.15, 0.2) is 219 Å². The molecule has 0 amide bonds. The van der Waals surface area contributed by atoms with Crippen LogP contribution in [0.2, 0.25) is 15.5 Å². The molecule has 0 bridgehead atoms. The normalized spacial score (nSPS) is 11.2. The lowest BCUT2D eigenvalue weighted by Crippen LogP contribution is -2.17. The lowest BCUT2D eigenvalue weighted by Gasteiger charge is -2.08. The van der Waals surface area contributed by atoms with Gasteiger partial charge in [-0.1, -0.05) is 46.5 Å². The minimum Gasteiger partial charge on any atom is -0.492 e. The summed E-state index contributed by atoms with van der Waals surface area (Å²) in [5, 5.41) is 69.7. The van der Waals surface area contributed by atoms with E-state index in [2.05, 4.69) is 118 Å². The molecule has 21 aromatic rings. The van der Waals surface area contributed by atoms with Crippen LogP contribution >= 0.6 is 34.8 Å². The van der Waals surface area contributed by atoms with Crippen LogP contribution in [0.1, 0.15) is 99.3 Å². The first-order chi connectivity index (χ1) is 68.9. The van der Waals surface area contributed by atoms with Crippen molar-refractivity contribution in [2.75, 3.05) is 20.3 Å². The van der Waals surface area contributed by atoms with E-state index in [1.165, 1.54) is 118 Å². The molecule has 15 heterocycles. The van der Waals surface area contributed by atoms with Crippen LogP contribution in [0.3, 0.4) is 0 Å². The molecule has 143 heavy (non-hydrogen) atoms. The van der Waals surface area contributed by atoms with Crippen molar-refractivity contribution in [2.45, 2.75) is 59.3 Å². The maximum atomic E-state index is 14.8. The standard InChI is InChI=1S/C19H15F2N5O.C17H12F2N6O.C17H11F2N5O.C15H8ClF2N5.C12H10F2N2O.C12H9F2NO2.C4H2Cl2N2/c1-3-27-11(2)15-6-7-17-23-24-18(26(17)25-15)9-13-14(20)10-16-12(19(13)21)5-4-8-22-16;1-9(24-26)13-4-5-15-21-22-16(25(15)23-13)7-11-12(18)8-14-10(17(11)19)3-2-6-20-14;1-9(25)13-4-5-15-21-22-16(24(15)23-13)7-11-12(18)8-14-10(17(11)19)3-2-6-20-14;16-12-3-4-13-20-21-14(23(13)22-12)6-9-10(17)7-11-8(15(9)18)2-1-5-19-11;13-10-5-11-8(2-1-3-16-11)12(14)9(10)4-7(17)6-15;1-17-11(16)5-8-9(13)6-10-7(12(8)14)3-2-4-15-10;5-3-1-2-4(6)8-7-3/h4-8,10H,2-3,9H2,1H3;2-6,8,26H,7H2,1H3;2-6,8H,7H2,1H3;1-5,7H,6H2;1-3,5H,4,6,15H2;2-4,6H,5H2,1H3;1-2H/b;24-9+;;;;;. The number of nitrogens with zero attached hydrogens (tertiary/aromatic N) is 25. The second-order valence-electron chi connectivity index (χ2n) is 30.3. The third-order valence-electron chi connectivity index (χ3n) is 21.2. The zero-order chi connectivity index (χ0) is 102. The number of ether oxygens (including phenoxy) is 2. The van der Waals surface area contributed by atoms with Crippen LogP contribution in [-0.4, -0.2) is 168 Å². The average Bonchev–Trinajstić information content (AvgIpc) is 1.65. The highest BCUT2D eigenvalue weighted by Gasteiger charge is 2.27. The van der Waals surface area contributed by atoms with Gasteiger partial charge in [-0.15, -0.1) is 51.0 Å². The summed E-state index contributed by atoms with van der Waals surface area (Å²) < 4.78 is 187. The fourth-order valence-corrected chi connectivity index (χ4v) is 14.5. The highest BCUT2D eigenvalue weighted by Crippen LogP contribution is 2.32. The van der Waals surface area contributed by atoms with Gasteiger partial charge in [-0.3, -0.25) is 44.3 Å². The van der Waals surface area contributed by atoms with Crippen molar-refractivity contribution in [3.63, 3.8) is 0 Å². The van der Waals surface area contributed by atoms with E-state index in [0.717, 1.165) is 12.1 Å². The summed E-state index contributed by atoms with van der Waals surface area (Å²) in [6.45, 7) is 8.84. The molecule has 0 saturated heterocycles. The van der Waals surface area contributed by atoms with Crippen molar-refractivity contribution in [3.8, 4) is 0 Å². The number of oxime groups is 1. The van der Waals surface area contributed by atoms with Gasteiger partial charge in [0.25, 0.3) is 0 Å².